The van der Waals surface area contributed by atoms with E-state index in [1.165, 1.54) is 35.4 Å². The average molecular weight is 361 g/mol. The summed E-state index contributed by atoms with van der Waals surface area (Å²) >= 11 is 7.53. The number of ketones is 1. The molecule has 126 valence electrons. The number of thiophene rings is 1. The molecule has 1 aliphatic carbocycles. The summed E-state index contributed by atoms with van der Waals surface area (Å²) in [6, 6.07) is 3.85. The van der Waals surface area contributed by atoms with Crippen LogP contribution in [0, 0.1) is 6.92 Å². The van der Waals surface area contributed by atoms with Gasteiger partial charge in [0, 0.05) is 28.9 Å². The first kappa shape index (κ1) is 16.0. The van der Waals surface area contributed by atoms with E-state index < -0.39 is 0 Å². The SMILES string of the molecule is CCCn1c(C)c(C(=O)c2cc3cc(Cl)sc3[nH]2)c2c1CCCC2. The van der Waals surface area contributed by atoms with Crippen LogP contribution in [0.4, 0.5) is 0 Å². The summed E-state index contributed by atoms with van der Waals surface area (Å²) in [5.41, 5.74) is 5.41. The third-order valence-corrected chi connectivity index (χ3v) is 6.23. The number of H-pyrrole nitrogens is 1. The Kier molecular flexibility index (Phi) is 4.05. The molecule has 0 aromatic carbocycles. The fraction of sp³-hybridized carbons (Fsp3) is 0.421. The maximum Gasteiger partial charge on any atom is 0.211 e. The normalized spacial score (nSPS) is 14.3. The molecular formula is C19H21ClN2OS. The number of carbonyl (C=O) groups excluding carboxylic acids is 1. The fourth-order valence-electron chi connectivity index (χ4n) is 3.99. The van der Waals surface area contributed by atoms with Crippen molar-refractivity contribution in [3.63, 3.8) is 0 Å². The monoisotopic (exact) mass is 360 g/mol. The molecule has 0 spiro atoms. The number of hydrogen-bond donors (Lipinski definition) is 1. The van der Waals surface area contributed by atoms with Gasteiger partial charge in [-0.05, 0) is 56.7 Å². The van der Waals surface area contributed by atoms with E-state index >= 15 is 0 Å². The van der Waals surface area contributed by atoms with Gasteiger partial charge in [0.15, 0.2) is 0 Å². The van der Waals surface area contributed by atoms with E-state index in [-0.39, 0.29) is 5.78 Å². The van der Waals surface area contributed by atoms with E-state index in [4.69, 9.17) is 11.6 Å². The van der Waals surface area contributed by atoms with Crippen molar-refractivity contribution in [2.24, 2.45) is 0 Å². The molecule has 3 heterocycles. The molecule has 3 aromatic rings. The second kappa shape index (κ2) is 6.08. The fourth-order valence-corrected chi connectivity index (χ4v) is 5.12. The third kappa shape index (κ3) is 2.44. The van der Waals surface area contributed by atoms with Crippen LogP contribution in [0.2, 0.25) is 4.34 Å². The van der Waals surface area contributed by atoms with Crippen molar-refractivity contribution in [3.8, 4) is 0 Å². The van der Waals surface area contributed by atoms with Crippen molar-refractivity contribution in [2.75, 3.05) is 0 Å². The largest absolute Gasteiger partial charge is 0.348 e. The lowest BCUT2D eigenvalue weighted by Gasteiger charge is -2.15. The molecule has 3 aromatic heterocycles. The highest BCUT2D eigenvalue weighted by Gasteiger charge is 2.27. The number of aromatic amines is 1. The molecule has 1 aliphatic rings. The van der Waals surface area contributed by atoms with Crippen molar-refractivity contribution in [1.82, 2.24) is 9.55 Å². The Hall–Kier alpha value is -1.52. The minimum absolute atomic E-state index is 0.125. The summed E-state index contributed by atoms with van der Waals surface area (Å²) in [6.45, 7) is 5.29. The Morgan fingerprint density at radius 3 is 2.88 bits per heavy atom. The van der Waals surface area contributed by atoms with Crippen LogP contribution < -0.4 is 0 Å². The van der Waals surface area contributed by atoms with Crippen LogP contribution in [0.25, 0.3) is 10.2 Å². The predicted molar refractivity (Wildman–Crippen MR) is 101 cm³/mol. The van der Waals surface area contributed by atoms with Crippen LogP contribution in [-0.2, 0) is 19.4 Å². The molecule has 0 radical (unpaired) electrons. The van der Waals surface area contributed by atoms with Crippen molar-refractivity contribution in [2.45, 2.75) is 52.5 Å². The third-order valence-electron chi connectivity index (χ3n) is 5.03. The van der Waals surface area contributed by atoms with E-state index in [0.717, 1.165) is 51.6 Å². The number of halogens is 1. The molecule has 4 rings (SSSR count). The molecule has 0 aliphatic heterocycles. The van der Waals surface area contributed by atoms with Crippen LogP contribution in [0.1, 0.15) is 59.2 Å². The number of fused-ring (bicyclic) bond motifs is 2. The van der Waals surface area contributed by atoms with Gasteiger partial charge in [-0.2, -0.15) is 0 Å². The smallest absolute Gasteiger partial charge is 0.211 e. The second-order valence-corrected chi connectivity index (χ2v) is 8.28. The molecule has 1 N–H and O–H groups in total. The van der Waals surface area contributed by atoms with Gasteiger partial charge in [-0.1, -0.05) is 18.5 Å². The highest BCUT2D eigenvalue weighted by Crippen LogP contribution is 2.34. The summed E-state index contributed by atoms with van der Waals surface area (Å²) < 4.78 is 3.13. The second-order valence-electron chi connectivity index (χ2n) is 6.59. The Labute approximate surface area is 150 Å². The first-order valence-corrected chi connectivity index (χ1v) is 9.83. The van der Waals surface area contributed by atoms with Crippen LogP contribution in [-0.4, -0.2) is 15.3 Å². The van der Waals surface area contributed by atoms with E-state index in [9.17, 15) is 4.79 Å². The van der Waals surface area contributed by atoms with Gasteiger partial charge in [0.2, 0.25) is 5.78 Å². The van der Waals surface area contributed by atoms with Crippen LogP contribution in [0.5, 0.6) is 0 Å². The highest BCUT2D eigenvalue weighted by atomic mass is 35.5. The minimum Gasteiger partial charge on any atom is -0.348 e. The number of aromatic nitrogens is 2. The van der Waals surface area contributed by atoms with Gasteiger partial charge in [-0.15, -0.1) is 11.3 Å². The molecule has 0 bridgehead atoms. The van der Waals surface area contributed by atoms with Gasteiger partial charge >= 0.3 is 0 Å². The summed E-state index contributed by atoms with van der Waals surface area (Å²) in [7, 11) is 0. The maximum absolute atomic E-state index is 13.2. The maximum atomic E-state index is 13.2. The van der Waals surface area contributed by atoms with E-state index in [1.807, 2.05) is 12.1 Å². The molecule has 24 heavy (non-hydrogen) atoms. The lowest BCUT2D eigenvalue weighted by atomic mass is 9.92. The summed E-state index contributed by atoms with van der Waals surface area (Å²) in [4.78, 5) is 17.5. The summed E-state index contributed by atoms with van der Waals surface area (Å²) in [6.07, 6.45) is 5.61. The molecule has 0 saturated heterocycles. The van der Waals surface area contributed by atoms with Crippen molar-refractivity contribution in [1.29, 1.82) is 0 Å². The number of rotatable bonds is 4. The molecule has 0 fully saturated rings. The Bertz CT molecular complexity index is 900. The summed E-state index contributed by atoms with van der Waals surface area (Å²) in [5, 5.41) is 1.02. The van der Waals surface area contributed by atoms with Gasteiger partial charge in [-0.25, -0.2) is 0 Å². The summed E-state index contributed by atoms with van der Waals surface area (Å²) in [5.74, 6) is 0.125. The first-order valence-electron chi connectivity index (χ1n) is 8.63. The Morgan fingerprint density at radius 1 is 1.33 bits per heavy atom. The molecule has 5 heteroatoms. The quantitative estimate of drug-likeness (QED) is 0.612. The Morgan fingerprint density at radius 2 is 2.12 bits per heavy atom. The lowest BCUT2D eigenvalue weighted by Crippen LogP contribution is -2.09. The van der Waals surface area contributed by atoms with Gasteiger partial charge in [0.05, 0.1) is 10.0 Å². The van der Waals surface area contributed by atoms with E-state index in [1.54, 1.807) is 0 Å². The average Bonchev–Trinajstić information content (AvgIpc) is 3.18. The standard InChI is InChI=1S/C19H21ClN2OS/c1-3-8-22-11(2)17(13-6-4-5-7-15(13)22)18(23)14-9-12-10-16(20)24-19(12)21-14/h9-10,21H,3-8H2,1-2H3. The molecule has 3 nitrogen and oxygen atoms in total. The molecule has 0 unspecified atom stereocenters. The van der Waals surface area contributed by atoms with Gasteiger partial charge < -0.3 is 9.55 Å². The number of carbonyl (C=O) groups is 1. The zero-order valence-corrected chi connectivity index (χ0v) is 15.6. The zero-order chi connectivity index (χ0) is 16.8. The predicted octanol–water partition coefficient (Wildman–Crippen LogP) is 5.51. The van der Waals surface area contributed by atoms with Gasteiger partial charge in [0.25, 0.3) is 0 Å². The molecule has 0 amide bonds. The van der Waals surface area contributed by atoms with Crippen molar-refractivity contribution < 1.29 is 4.79 Å². The number of nitrogens with one attached hydrogen (secondary N) is 1. The number of hydrogen-bond acceptors (Lipinski definition) is 2. The van der Waals surface area contributed by atoms with Crippen molar-refractivity contribution >= 4 is 38.9 Å². The van der Waals surface area contributed by atoms with Gasteiger partial charge in [-0.3, -0.25) is 4.79 Å². The number of nitrogens with zero attached hydrogens (tertiary/aromatic N) is 1. The Balaban J connectivity index is 1.82. The molecule has 0 saturated carbocycles. The van der Waals surface area contributed by atoms with Gasteiger partial charge in [0.1, 0.15) is 4.83 Å². The molecule has 0 atom stereocenters. The van der Waals surface area contributed by atoms with Crippen LogP contribution in [0.3, 0.4) is 0 Å². The minimum atomic E-state index is 0.125. The first-order chi connectivity index (χ1) is 11.6. The highest BCUT2D eigenvalue weighted by molar-refractivity contribution is 7.22. The lowest BCUT2D eigenvalue weighted by molar-refractivity contribution is 0.103. The molecular weight excluding hydrogens is 340 g/mol. The van der Waals surface area contributed by atoms with Crippen LogP contribution >= 0.6 is 22.9 Å². The van der Waals surface area contributed by atoms with Crippen LogP contribution in [0.15, 0.2) is 12.1 Å². The zero-order valence-electron chi connectivity index (χ0n) is 14.0. The van der Waals surface area contributed by atoms with E-state index in [2.05, 4.69) is 23.4 Å². The van der Waals surface area contributed by atoms with Crippen molar-refractivity contribution in [3.05, 3.63) is 44.7 Å². The topological polar surface area (TPSA) is 37.8 Å². The van der Waals surface area contributed by atoms with E-state index in [0.29, 0.717) is 5.69 Å².